The molecule has 0 aliphatic carbocycles. The smallest absolute Gasteiger partial charge is 0.351 e. The summed E-state index contributed by atoms with van der Waals surface area (Å²) in [5.74, 6) is -0.428. The van der Waals surface area contributed by atoms with Crippen molar-refractivity contribution in [3.8, 4) is 0 Å². The molecule has 0 aliphatic rings. The lowest BCUT2D eigenvalue weighted by Gasteiger charge is -1.97. The Kier molecular flexibility index (Phi) is 4.22. The third kappa shape index (κ3) is 2.87. The molecule has 0 unspecified atom stereocenters. The number of ether oxygens (including phenoxy) is 1. The summed E-state index contributed by atoms with van der Waals surface area (Å²) in [5, 5.41) is 0.646. The molecule has 1 aromatic rings. The minimum Gasteiger partial charge on any atom is -0.465 e. The molecule has 1 aromatic heterocycles. The summed E-state index contributed by atoms with van der Waals surface area (Å²) >= 11 is 8.63. The molecule has 3 nitrogen and oxygen atoms in total. The van der Waals surface area contributed by atoms with Crippen molar-refractivity contribution in [1.29, 1.82) is 0 Å². The van der Waals surface area contributed by atoms with Gasteiger partial charge >= 0.3 is 5.97 Å². The van der Waals surface area contributed by atoms with Gasteiger partial charge in [-0.3, -0.25) is 0 Å². The molecule has 0 aromatic carbocycles. The zero-order valence-corrected chi connectivity index (χ0v) is 10.4. The lowest BCUT2D eigenvalue weighted by atomic mass is 10.6. The van der Waals surface area contributed by atoms with E-state index < -0.39 is 5.97 Å². The Morgan fingerprint density at radius 3 is 2.79 bits per heavy atom. The fourth-order valence-corrected chi connectivity index (χ4v) is 3.31. The Bertz CT molecular complexity index is 338. The summed E-state index contributed by atoms with van der Waals surface area (Å²) in [6, 6.07) is 0. The van der Waals surface area contributed by atoms with Crippen LogP contribution in [-0.2, 0) is 4.74 Å². The van der Waals surface area contributed by atoms with Gasteiger partial charge in [0.1, 0.15) is 0 Å². The number of carbonyl (C=O) groups is 1. The van der Waals surface area contributed by atoms with Crippen LogP contribution in [0.5, 0.6) is 0 Å². The van der Waals surface area contributed by atoms with Crippen LogP contribution in [0.15, 0.2) is 4.34 Å². The second kappa shape index (κ2) is 5.00. The number of thiazole rings is 1. The number of halogens is 1. The maximum Gasteiger partial charge on any atom is 0.351 e. The van der Waals surface area contributed by atoms with E-state index in [1.807, 2.05) is 0 Å². The van der Waals surface area contributed by atoms with Gasteiger partial charge in [-0.25, -0.2) is 9.78 Å². The molecular weight excluding hydrogens is 242 g/mol. The first kappa shape index (κ1) is 11.8. The highest BCUT2D eigenvalue weighted by atomic mass is 35.5. The van der Waals surface area contributed by atoms with Gasteiger partial charge in [-0.15, -0.1) is 0 Å². The van der Waals surface area contributed by atoms with Gasteiger partial charge in [-0.05, 0) is 0 Å². The molecule has 0 spiro atoms. The molecule has 0 atom stereocenters. The van der Waals surface area contributed by atoms with Crippen molar-refractivity contribution in [3.05, 3.63) is 10.0 Å². The summed E-state index contributed by atoms with van der Waals surface area (Å²) in [4.78, 5) is 15.6. The predicted molar refractivity (Wildman–Crippen MR) is 59.5 cm³/mol. The Balaban J connectivity index is 2.87. The highest BCUT2D eigenvalue weighted by Crippen LogP contribution is 2.32. The van der Waals surface area contributed by atoms with E-state index in [9.17, 15) is 4.79 Å². The third-order valence-electron chi connectivity index (χ3n) is 1.27. The van der Waals surface area contributed by atoms with Crippen LogP contribution in [0.2, 0.25) is 5.15 Å². The number of hydrogen-bond acceptors (Lipinski definition) is 5. The quantitative estimate of drug-likeness (QED) is 0.611. The first-order valence-corrected chi connectivity index (χ1v) is 6.03. The van der Waals surface area contributed by atoms with Crippen LogP contribution in [0.1, 0.15) is 23.5 Å². The summed E-state index contributed by atoms with van der Waals surface area (Å²) in [6.45, 7) is 4.11. The van der Waals surface area contributed by atoms with Crippen molar-refractivity contribution in [2.45, 2.75) is 23.4 Å². The first-order valence-electron chi connectivity index (χ1n) is 3.96. The van der Waals surface area contributed by atoms with Crippen molar-refractivity contribution in [3.63, 3.8) is 0 Å². The lowest BCUT2D eigenvalue weighted by Crippen LogP contribution is -1.98. The van der Waals surface area contributed by atoms with E-state index in [-0.39, 0.29) is 5.15 Å². The fraction of sp³-hybridized carbons (Fsp3) is 0.500. The normalized spacial score (nSPS) is 10.6. The second-order valence-electron chi connectivity index (χ2n) is 2.76. The largest absolute Gasteiger partial charge is 0.465 e. The predicted octanol–water partition coefficient (Wildman–Crippen LogP) is 3.08. The monoisotopic (exact) mass is 251 g/mol. The second-order valence-corrected chi connectivity index (χ2v) is 5.94. The molecule has 0 saturated carbocycles. The Morgan fingerprint density at radius 2 is 2.29 bits per heavy atom. The summed E-state index contributed by atoms with van der Waals surface area (Å²) in [5.41, 5.74) is 0. The molecule has 0 fully saturated rings. The van der Waals surface area contributed by atoms with Gasteiger partial charge in [0.2, 0.25) is 0 Å². The molecule has 6 heteroatoms. The molecule has 78 valence electrons. The van der Waals surface area contributed by atoms with Crippen LogP contribution >= 0.6 is 34.7 Å². The van der Waals surface area contributed by atoms with Crippen molar-refractivity contribution in [2.24, 2.45) is 0 Å². The SMILES string of the molecule is COC(=O)c1sc(SC(C)C)nc1Cl. The van der Waals surface area contributed by atoms with Crippen LogP contribution in [0.4, 0.5) is 0 Å². The van der Waals surface area contributed by atoms with Gasteiger partial charge in [0, 0.05) is 5.25 Å². The number of carbonyl (C=O) groups excluding carboxylic acids is 1. The van der Waals surface area contributed by atoms with Crippen LogP contribution in [-0.4, -0.2) is 23.3 Å². The number of thioether (sulfide) groups is 1. The number of aromatic nitrogens is 1. The van der Waals surface area contributed by atoms with Gasteiger partial charge in [0.15, 0.2) is 14.4 Å². The number of esters is 1. The number of nitrogens with zero attached hydrogens (tertiary/aromatic N) is 1. The van der Waals surface area contributed by atoms with Gasteiger partial charge in [0.25, 0.3) is 0 Å². The number of methoxy groups -OCH3 is 1. The van der Waals surface area contributed by atoms with Gasteiger partial charge < -0.3 is 4.74 Å². The van der Waals surface area contributed by atoms with E-state index in [0.29, 0.717) is 10.1 Å². The zero-order chi connectivity index (χ0) is 10.7. The summed E-state index contributed by atoms with van der Waals surface area (Å²) < 4.78 is 5.37. The van der Waals surface area contributed by atoms with Gasteiger partial charge in [-0.1, -0.05) is 48.5 Å². The summed E-state index contributed by atoms with van der Waals surface area (Å²) in [7, 11) is 1.33. The molecule has 0 amide bonds. The highest BCUT2D eigenvalue weighted by Gasteiger charge is 2.17. The van der Waals surface area contributed by atoms with Crippen LogP contribution in [0.25, 0.3) is 0 Å². The van der Waals surface area contributed by atoms with Crippen molar-refractivity contribution < 1.29 is 9.53 Å². The minimum atomic E-state index is -0.428. The van der Waals surface area contributed by atoms with Gasteiger partial charge in [-0.2, -0.15) is 0 Å². The van der Waals surface area contributed by atoms with E-state index in [1.165, 1.54) is 18.4 Å². The maximum atomic E-state index is 11.2. The first-order chi connectivity index (χ1) is 6.54. The number of hydrogen-bond donors (Lipinski definition) is 0. The zero-order valence-electron chi connectivity index (χ0n) is 8.04. The average Bonchev–Trinajstić information content (AvgIpc) is 2.44. The number of rotatable bonds is 3. The fourth-order valence-electron chi connectivity index (χ4n) is 0.754. The molecule has 1 heterocycles. The van der Waals surface area contributed by atoms with Gasteiger partial charge in [0.05, 0.1) is 7.11 Å². The maximum absolute atomic E-state index is 11.2. The molecule has 0 bridgehead atoms. The molecule has 0 aliphatic heterocycles. The van der Waals surface area contributed by atoms with E-state index in [0.717, 1.165) is 4.34 Å². The van der Waals surface area contributed by atoms with Crippen LogP contribution in [0.3, 0.4) is 0 Å². The minimum absolute atomic E-state index is 0.227. The molecular formula is C8H10ClNO2S2. The molecule has 0 radical (unpaired) electrons. The van der Waals surface area contributed by atoms with Crippen LogP contribution < -0.4 is 0 Å². The van der Waals surface area contributed by atoms with Crippen molar-refractivity contribution in [1.82, 2.24) is 4.98 Å². The van der Waals surface area contributed by atoms with Crippen molar-refractivity contribution >= 4 is 40.7 Å². The Labute approximate surface area is 95.8 Å². The van der Waals surface area contributed by atoms with E-state index in [4.69, 9.17) is 11.6 Å². The summed E-state index contributed by atoms with van der Waals surface area (Å²) in [6.07, 6.45) is 0. The highest BCUT2D eigenvalue weighted by molar-refractivity contribution is 8.01. The topological polar surface area (TPSA) is 39.2 Å². The Morgan fingerprint density at radius 1 is 1.64 bits per heavy atom. The van der Waals surface area contributed by atoms with Crippen LogP contribution in [0, 0.1) is 0 Å². The van der Waals surface area contributed by atoms with E-state index >= 15 is 0 Å². The van der Waals surface area contributed by atoms with E-state index in [1.54, 1.807) is 11.8 Å². The standard InChI is InChI=1S/C8H10ClNO2S2/c1-4(2)13-8-10-6(9)5(14-8)7(11)12-3/h4H,1-3H3. The third-order valence-corrected chi connectivity index (χ3v) is 3.79. The molecule has 1 rings (SSSR count). The van der Waals surface area contributed by atoms with E-state index in [2.05, 4.69) is 23.6 Å². The lowest BCUT2D eigenvalue weighted by molar-refractivity contribution is 0.0606. The Hall–Kier alpha value is -0.260. The average molecular weight is 252 g/mol. The molecule has 14 heavy (non-hydrogen) atoms. The molecule has 0 N–H and O–H groups in total. The van der Waals surface area contributed by atoms with Crippen molar-refractivity contribution in [2.75, 3.05) is 7.11 Å². The molecule has 0 saturated heterocycles.